The van der Waals surface area contributed by atoms with E-state index in [4.69, 9.17) is 11.6 Å². The maximum Gasteiger partial charge on any atom is 0.201 e. The lowest BCUT2D eigenvalue weighted by molar-refractivity contribution is 0.104. The van der Waals surface area contributed by atoms with Crippen molar-refractivity contribution in [3.05, 3.63) is 68.7 Å². The Labute approximate surface area is 123 Å². The molecule has 19 heavy (non-hydrogen) atoms. The van der Waals surface area contributed by atoms with Crippen molar-refractivity contribution in [2.24, 2.45) is 0 Å². The van der Waals surface area contributed by atoms with Gasteiger partial charge in [-0.15, -0.1) is 0 Å². The number of phenolic OH excluding ortho intramolecular Hbond substituents is 1. The molecule has 4 heteroatoms. The Hall–Kier alpha value is -1.58. The van der Waals surface area contributed by atoms with Gasteiger partial charge in [0.2, 0.25) is 5.78 Å². The fraction of sp³-hybridized carbons (Fsp3) is 0. The molecule has 2 nitrogen and oxygen atoms in total. The zero-order chi connectivity index (χ0) is 13.6. The van der Waals surface area contributed by atoms with E-state index in [1.165, 1.54) is 6.07 Å². The standard InChI is InChI=1S/C15H8BrClO2/c16-14-13(8-1-3-9(17)4-2-8)11-6-5-10(18)7-12(11)15(14)19/h1-7,18H. The number of ketones is 1. The summed E-state index contributed by atoms with van der Waals surface area (Å²) in [6, 6.07) is 12.1. The molecule has 0 saturated carbocycles. The molecule has 0 atom stereocenters. The first kappa shape index (κ1) is 12.5. The predicted octanol–water partition coefficient (Wildman–Crippen LogP) is 4.40. The molecule has 0 amide bonds. The second-order valence-corrected chi connectivity index (χ2v) is 5.48. The number of hydrogen-bond acceptors (Lipinski definition) is 2. The first-order chi connectivity index (χ1) is 9.08. The van der Waals surface area contributed by atoms with Crippen molar-refractivity contribution in [3.63, 3.8) is 0 Å². The number of hydrogen-bond donors (Lipinski definition) is 1. The zero-order valence-corrected chi connectivity index (χ0v) is 12.0. The lowest BCUT2D eigenvalue weighted by Gasteiger charge is -2.06. The normalized spacial score (nSPS) is 13.9. The summed E-state index contributed by atoms with van der Waals surface area (Å²) in [6.45, 7) is 0. The third-order valence-electron chi connectivity index (χ3n) is 3.07. The van der Waals surface area contributed by atoms with Gasteiger partial charge >= 0.3 is 0 Å². The molecule has 0 heterocycles. The lowest BCUT2D eigenvalue weighted by Crippen LogP contribution is -1.93. The van der Waals surface area contributed by atoms with E-state index < -0.39 is 0 Å². The van der Waals surface area contributed by atoms with Crippen LogP contribution in [0.3, 0.4) is 0 Å². The molecule has 3 rings (SSSR count). The summed E-state index contributed by atoms with van der Waals surface area (Å²) in [5.74, 6) is -0.0272. The number of aromatic hydroxyl groups is 1. The van der Waals surface area contributed by atoms with E-state index in [1.807, 2.05) is 12.1 Å². The molecule has 0 spiro atoms. The topological polar surface area (TPSA) is 37.3 Å². The number of fused-ring (bicyclic) bond motifs is 1. The molecule has 0 saturated heterocycles. The van der Waals surface area contributed by atoms with Crippen LogP contribution in [0.5, 0.6) is 5.75 Å². The minimum Gasteiger partial charge on any atom is -0.508 e. The van der Waals surface area contributed by atoms with Crippen molar-refractivity contribution in [1.29, 1.82) is 0 Å². The van der Waals surface area contributed by atoms with Gasteiger partial charge in [0.15, 0.2) is 0 Å². The van der Waals surface area contributed by atoms with Crippen LogP contribution in [0.1, 0.15) is 21.5 Å². The molecule has 0 unspecified atom stereocenters. The zero-order valence-electron chi connectivity index (χ0n) is 9.65. The average molecular weight is 336 g/mol. The highest BCUT2D eigenvalue weighted by Gasteiger charge is 2.29. The number of Topliss-reactive ketones (excluding diaryl/α,β-unsaturated/α-hetero) is 1. The summed E-state index contributed by atoms with van der Waals surface area (Å²) < 4.78 is 0.510. The quantitative estimate of drug-likeness (QED) is 0.839. The number of phenols is 1. The molecule has 2 aromatic carbocycles. The molecule has 94 valence electrons. The van der Waals surface area contributed by atoms with Crippen LogP contribution < -0.4 is 0 Å². The summed E-state index contributed by atoms with van der Waals surface area (Å²) >= 11 is 9.22. The summed E-state index contributed by atoms with van der Waals surface area (Å²) in [5, 5.41) is 10.1. The predicted molar refractivity (Wildman–Crippen MR) is 78.8 cm³/mol. The fourth-order valence-electron chi connectivity index (χ4n) is 2.19. The summed E-state index contributed by atoms with van der Waals surface area (Å²) in [5.41, 5.74) is 3.07. The third-order valence-corrected chi connectivity index (χ3v) is 4.08. The number of carbonyl (C=O) groups is 1. The first-order valence-corrected chi connectivity index (χ1v) is 6.79. The molecule has 0 bridgehead atoms. The fourth-order valence-corrected chi connectivity index (χ4v) is 2.97. The van der Waals surface area contributed by atoms with Crippen molar-refractivity contribution in [2.75, 3.05) is 0 Å². The van der Waals surface area contributed by atoms with E-state index in [-0.39, 0.29) is 11.5 Å². The highest BCUT2D eigenvalue weighted by Crippen LogP contribution is 2.41. The Morgan fingerprint density at radius 1 is 1.00 bits per heavy atom. The highest BCUT2D eigenvalue weighted by molar-refractivity contribution is 9.12. The monoisotopic (exact) mass is 334 g/mol. The van der Waals surface area contributed by atoms with Gasteiger partial charge in [-0.2, -0.15) is 0 Å². The number of halogens is 2. The molecular formula is C15H8BrClO2. The van der Waals surface area contributed by atoms with Crippen molar-refractivity contribution in [3.8, 4) is 5.75 Å². The van der Waals surface area contributed by atoms with Crippen molar-refractivity contribution < 1.29 is 9.90 Å². The van der Waals surface area contributed by atoms with Gasteiger partial charge in [-0.3, -0.25) is 4.79 Å². The van der Waals surface area contributed by atoms with E-state index >= 15 is 0 Å². The number of rotatable bonds is 1. The largest absolute Gasteiger partial charge is 0.508 e. The molecule has 0 aliphatic heterocycles. The van der Waals surface area contributed by atoms with Crippen molar-refractivity contribution in [1.82, 2.24) is 0 Å². The SMILES string of the molecule is O=C1C(Br)=C(c2ccc(Cl)cc2)c2ccc(O)cc21. The Morgan fingerprint density at radius 2 is 1.68 bits per heavy atom. The summed E-state index contributed by atoms with van der Waals surface area (Å²) in [6.07, 6.45) is 0. The Kier molecular flexibility index (Phi) is 2.96. The van der Waals surface area contributed by atoms with Crippen LogP contribution in [0.4, 0.5) is 0 Å². The smallest absolute Gasteiger partial charge is 0.201 e. The molecular weight excluding hydrogens is 328 g/mol. The molecule has 0 aromatic heterocycles. The van der Waals surface area contributed by atoms with Crippen molar-refractivity contribution in [2.45, 2.75) is 0 Å². The average Bonchev–Trinajstić information content (AvgIpc) is 2.64. The summed E-state index contributed by atoms with van der Waals surface area (Å²) in [4.78, 5) is 12.2. The van der Waals surface area contributed by atoms with E-state index in [9.17, 15) is 9.90 Å². The maximum atomic E-state index is 12.2. The molecule has 1 aliphatic rings. The van der Waals surface area contributed by atoms with Crippen LogP contribution in [0.25, 0.3) is 5.57 Å². The molecule has 1 N–H and O–H groups in total. The van der Waals surface area contributed by atoms with Gasteiger partial charge in [-0.05, 0) is 57.4 Å². The van der Waals surface area contributed by atoms with Crippen LogP contribution in [-0.4, -0.2) is 10.9 Å². The van der Waals surface area contributed by atoms with Gasteiger partial charge < -0.3 is 5.11 Å². The van der Waals surface area contributed by atoms with E-state index in [0.29, 0.717) is 15.1 Å². The van der Waals surface area contributed by atoms with E-state index in [0.717, 1.165) is 16.7 Å². The molecule has 0 radical (unpaired) electrons. The molecule has 2 aromatic rings. The highest BCUT2D eigenvalue weighted by atomic mass is 79.9. The van der Waals surface area contributed by atoms with Crippen LogP contribution in [0.15, 0.2) is 46.9 Å². The van der Waals surface area contributed by atoms with Gasteiger partial charge in [-0.25, -0.2) is 0 Å². The van der Waals surface area contributed by atoms with Crippen LogP contribution in [0, 0.1) is 0 Å². The molecule has 0 fully saturated rings. The van der Waals surface area contributed by atoms with E-state index in [2.05, 4.69) is 15.9 Å². The number of allylic oxidation sites excluding steroid dienone is 1. The van der Waals surface area contributed by atoms with Crippen LogP contribution in [-0.2, 0) is 0 Å². The van der Waals surface area contributed by atoms with Crippen LogP contribution >= 0.6 is 27.5 Å². The Balaban J connectivity index is 2.22. The lowest BCUT2D eigenvalue weighted by atomic mass is 9.99. The van der Waals surface area contributed by atoms with Crippen molar-refractivity contribution >= 4 is 38.9 Å². The maximum absolute atomic E-state index is 12.2. The number of carbonyl (C=O) groups excluding carboxylic acids is 1. The van der Waals surface area contributed by atoms with Gasteiger partial charge in [0, 0.05) is 16.2 Å². The first-order valence-electron chi connectivity index (χ1n) is 5.62. The summed E-state index contributed by atoms with van der Waals surface area (Å²) in [7, 11) is 0. The molecule has 1 aliphatic carbocycles. The van der Waals surface area contributed by atoms with E-state index in [1.54, 1.807) is 24.3 Å². The van der Waals surface area contributed by atoms with Gasteiger partial charge in [0.05, 0.1) is 4.48 Å². The van der Waals surface area contributed by atoms with Gasteiger partial charge in [0.1, 0.15) is 5.75 Å². The Morgan fingerprint density at radius 3 is 2.37 bits per heavy atom. The minimum absolute atomic E-state index is 0.0877. The Bertz CT molecular complexity index is 717. The third kappa shape index (κ3) is 1.99. The second-order valence-electron chi connectivity index (χ2n) is 4.25. The van der Waals surface area contributed by atoms with Gasteiger partial charge in [-0.1, -0.05) is 23.7 Å². The van der Waals surface area contributed by atoms with Crippen LogP contribution in [0.2, 0.25) is 5.02 Å². The van der Waals surface area contributed by atoms with Gasteiger partial charge in [0.25, 0.3) is 0 Å². The number of benzene rings is 2. The minimum atomic E-state index is -0.115. The second kappa shape index (κ2) is 4.51.